The molecule has 96 valence electrons. The lowest BCUT2D eigenvalue weighted by atomic mass is 9.85. The van der Waals surface area contributed by atoms with Gasteiger partial charge in [0.15, 0.2) is 0 Å². The van der Waals surface area contributed by atoms with E-state index in [4.69, 9.17) is 0 Å². The van der Waals surface area contributed by atoms with Crippen LogP contribution in [0.5, 0.6) is 0 Å². The number of rotatable bonds is 3. The van der Waals surface area contributed by atoms with Gasteiger partial charge < -0.3 is 0 Å². The van der Waals surface area contributed by atoms with Crippen LogP contribution in [0.15, 0.2) is 0 Å². The highest BCUT2D eigenvalue weighted by molar-refractivity contribution is 5.14. The molecule has 0 saturated heterocycles. The van der Waals surface area contributed by atoms with Gasteiger partial charge in [-0.05, 0) is 31.6 Å². The third kappa shape index (κ3) is 2.83. The van der Waals surface area contributed by atoms with E-state index < -0.39 is 0 Å². The van der Waals surface area contributed by atoms with Crippen LogP contribution in [0.1, 0.15) is 71.1 Å². The Bertz CT molecular complexity index is 273. The van der Waals surface area contributed by atoms with E-state index in [0.717, 1.165) is 12.8 Å². The number of nitrogens with zero attached hydrogens (tertiary/aromatic N) is 1. The van der Waals surface area contributed by atoms with Gasteiger partial charge in [-0.1, -0.05) is 45.4 Å². The Kier molecular flexibility index (Phi) is 4.45. The van der Waals surface area contributed by atoms with Gasteiger partial charge in [0.05, 0.1) is 6.07 Å². The second kappa shape index (κ2) is 5.87. The fourth-order valence-corrected chi connectivity index (χ4v) is 3.79. The Morgan fingerprint density at radius 2 is 1.82 bits per heavy atom. The lowest BCUT2D eigenvalue weighted by molar-refractivity contribution is 0.262. The van der Waals surface area contributed by atoms with E-state index >= 15 is 0 Å². The molecule has 2 nitrogen and oxygen atoms in total. The minimum atomic E-state index is -0.191. The molecule has 2 heteroatoms. The summed E-state index contributed by atoms with van der Waals surface area (Å²) < 4.78 is 0. The maximum absolute atomic E-state index is 9.61. The molecule has 0 aromatic carbocycles. The summed E-state index contributed by atoms with van der Waals surface area (Å²) in [4.78, 5) is 0. The summed E-state index contributed by atoms with van der Waals surface area (Å²) in [6.45, 7) is 2.23. The maximum Gasteiger partial charge on any atom is 0.109 e. The quantitative estimate of drug-likeness (QED) is 0.754. The Morgan fingerprint density at radius 3 is 2.41 bits per heavy atom. The number of hydrogen-bond acceptors (Lipinski definition) is 2. The zero-order valence-electron chi connectivity index (χ0n) is 11.2. The van der Waals surface area contributed by atoms with E-state index in [9.17, 15) is 5.26 Å². The van der Waals surface area contributed by atoms with Crippen LogP contribution in [-0.4, -0.2) is 11.6 Å². The lowest BCUT2D eigenvalue weighted by Gasteiger charge is -2.33. The molecule has 2 atom stereocenters. The van der Waals surface area contributed by atoms with Gasteiger partial charge in [0.1, 0.15) is 5.54 Å². The highest BCUT2D eigenvalue weighted by Crippen LogP contribution is 2.38. The van der Waals surface area contributed by atoms with E-state index in [1.807, 2.05) is 0 Å². The van der Waals surface area contributed by atoms with Crippen molar-refractivity contribution in [2.75, 3.05) is 0 Å². The molecule has 2 fully saturated rings. The van der Waals surface area contributed by atoms with Crippen LogP contribution < -0.4 is 5.32 Å². The number of nitrogens with one attached hydrogen (secondary N) is 1. The molecule has 0 aromatic rings. The Balaban J connectivity index is 2.00. The van der Waals surface area contributed by atoms with Crippen LogP contribution in [0.25, 0.3) is 0 Å². The molecule has 0 spiro atoms. The topological polar surface area (TPSA) is 35.8 Å². The first-order valence-electron chi connectivity index (χ1n) is 7.49. The van der Waals surface area contributed by atoms with Crippen LogP contribution in [-0.2, 0) is 0 Å². The minimum Gasteiger partial charge on any atom is -0.296 e. The van der Waals surface area contributed by atoms with E-state index in [0.29, 0.717) is 12.0 Å². The zero-order chi connectivity index (χ0) is 12.1. The van der Waals surface area contributed by atoms with Gasteiger partial charge >= 0.3 is 0 Å². The molecule has 2 aliphatic carbocycles. The van der Waals surface area contributed by atoms with Crippen molar-refractivity contribution in [3.8, 4) is 6.07 Å². The molecule has 0 bridgehead atoms. The normalized spacial score (nSPS) is 35.4. The highest BCUT2D eigenvalue weighted by Gasteiger charge is 2.43. The van der Waals surface area contributed by atoms with Gasteiger partial charge in [-0.15, -0.1) is 0 Å². The van der Waals surface area contributed by atoms with Crippen molar-refractivity contribution in [2.24, 2.45) is 5.92 Å². The van der Waals surface area contributed by atoms with E-state index in [1.165, 1.54) is 51.4 Å². The largest absolute Gasteiger partial charge is 0.296 e. The Labute approximate surface area is 106 Å². The van der Waals surface area contributed by atoms with Crippen molar-refractivity contribution in [3.63, 3.8) is 0 Å². The molecule has 2 rings (SSSR count). The number of nitriles is 1. The second-order valence-electron chi connectivity index (χ2n) is 5.91. The first kappa shape index (κ1) is 12.9. The van der Waals surface area contributed by atoms with Crippen molar-refractivity contribution in [2.45, 2.75) is 82.7 Å². The van der Waals surface area contributed by atoms with Gasteiger partial charge in [0.25, 0.3) is 0 Å². The maximum atomic E-state index is 9.61. The van der Waals surface area contributed by atoms with Gasteiger partial charge in [0, 0.05) is 6.04 Å². The monoisotopic (exact) mass is 234 g/mol. The van der Waals surface area contributed by atoms with Crippen molar-refractivity contribution in [1.82, 2.24) is 5.32 Å². The molecule has 0 aromatic heterocycles. The van der Waals surface area contributed by atoms with Crippen LogP contribution in [0.2, 0.25) is 0 Å². The lowest BCUT2D eigenvalue weighted by Crippen LogP contribution is -2.51. The van der Waals surface area contributed by atoms with E-state index in [2.05, 4.69) is 18.3 Å². The summed E-state index contributed by atoms with van der Waals surface area (Å²) in [6.07, 6.45) is 12.7. The average molecular weight is 234 g/mol. The van der Waals surface area contributed by atoms with Crippen molar-refractivity contribution in [3.05, 3.63) is 0 Å². The summed E-state index contributed by atoms with van der Waals surface area (Å²) in [5, 5.41) is 13.4. The van der Waals surface area contributed by atoms with Crippen LogP contribution in [0, 0.1) is 17.2 Å². The number of hydrogen-bond donors (Lipinski definition) is 1. The molecule has 0 heterocycles. The van der Waals surface area contributed by atoms with Gasteiger partial charge in [-0.2, -0.15) is 5.26 Å². The summed E-state index contributed by atoms with van der Waals surface area (Å²) in [5.74, 6) is 0.579. The highest BCUT2D eigenvalue weighted by atomic mass is 15.0. The molecule has 2 aliphatic rings. The predicted octanol–water partition coefficient (Wildman–Crippen LogP) is 3.77. The molecule has 0 amide bonds. The minimum absolute atomic E-state index is 0.191. The fraction of sp³-hybridized carbons (Fsp3) is 0.933. The Morgan fingerprint density at radius 1 is 1.12 bits per heavy atom. The first-order valence-corrected chi connectivity index (χ1v) is 7.49. The SMILES string of the molecule is CCC1CCCC1(C#N)NC1CCCCCC1. The summed E-state index contributed by atoms with van der Waals surface area (Å²) in [7, 11) is 0. The van der Waals surface area contributed by atoms with Crippen LogP contribution >= 0.6 is 0 Å². The molecule has 2 saturated carbocycles. The van der Waals surface area contributed by atoms with Crippen molar-refractivity contribution >= 4 is 0 Å². The van der Waals surface area contributed by atoms with Crippen molar-refractivity contribution < 1.29 is 0 Å². The van der Waals surface area contributed by atoms with Gasteiger partial charge in [0.2, 0.25) is 0 Å². The van der Waals surface area contributed by atoms with Crippen LogP contribution in [0.3, 0.4) is 0 Å². The molecule has 1 N–H and O–H groups in total. The molecular formula is C15H26N2. The third-order valence-electron chi connectivity index (χ3n) is 4.83. The van der Waals surface area contributed by atoms with E-state index in [1.54, 1.807) is 0 Å². The predicted molar refractivity (Wildman–Crippen MR) is 70.6 cm³/mol. The Hall–Kier alpha value is -0.550. The van der Waals surface area contributed by atoms with Gasteiger partial charge in [-0.3, -0.25) is 5.32 Å². The third-order valence-corrected chi connectivity index (χ3v) is 4.83. The molecular weight excluding hydrogens is 208 g/mol. The molecule has 0 radical (unpaired) electrons. The smallest absolute Gasteiger partial charge is 0.109 e. The first-order chi connectivity index (χ1) is 8.30. The van der Waals surface area contributed by atoms with Crippen molar-refractivity contribution in [1.29, 1.82) is 5.26 Å². The summed E-state index contributed by atoms with van der Waals surface area (Å²) in [5.41, 5.74) is -0.191. The zero-order valence-corrected chi connectivity index (χ0v) is 11.2. The van der Waals surface area contributed by atoms with Crippen LogP contribution in [0.4, 0.5) is 0 Å². The molecule has 17 heavy (non-hydrogen) atoms. The average Bonchev–Trinajstić information content (AvgIpc) is 2.58. The summed E-state index contributed by atoms with van der Waals surface area (Å²) >= 11 is 0. The fourth-order valence-electron chi connectivity index (χ4n) is 3.79. The van der Waals surface area contributed by atoms with E-state index in [-0.39, 0.29) is 5.54 Å². The standard InChI is InChI=1S/C15H26N2/c1-2-13-8-7-11-15(13,12-16)17-14-9-5-3-4-6-10-14/h13-14,17H,2-11H2,1H3. The second-order valence-corrected chi connectivity index (χ2v) is 5.91. The van der Waals surface area contributed by atoms with Gasteiger partial charge in [-0.25, -0.2) is 0 Å². The summed E-state index contributed by atoms with van der Waals surface area (Å²) in [6, 6.07) is 3.24. The molecule has 0 aliphatic heterocycles. The molecule has 2 unspecified atom stereocenters.